The fourth-order valence-electron chi connectivity index (χ4n) is 1.89. The number of nitrogens with zero attached hydrogens (tertiary/aromatic N) is 1. The molecule has 2 heterocycles. The van der Waals surface area contributed by atoms with Gasteiger partial charge in [-0.3, -0.25) is 4.79 Å². The van der Waals surface area contributed by atoms with Crippen molar-refractivity contribution in [2.75, 3.05) is 19.6 Å². The number of halogens is 2. The van der Waals surface area contributed by atoms with Crippen LogP contribution in [0.3, 0.4) is 0 Å². The lowest BCUT2D eigenvalue weighted by Crippen LogP contribution is -2.41. The first-order valence-electron chi connectivity index (χ1n) is 5.73. The molecule has 0 aliphatic carbocycles. The molecule has 2 N–H and O–H groups in total. The monoisotopic (exact) mass is 311 g/mol. The minimum atomic E-state index is 0. The third-order valence-electron chi connectivity index (χ3n) is 2.79. The van der Waals surface area contributed by atoms with Crippen LogP contribution in [0.5, 0.6) is 0 Å². The van der Waals surface area contributed by atoms with Crippen LogP contribution in [0.2, 0.25) is 0 Å². The quantitative estimate of drug-likeness (QED) is 0.889. The summed E-state index contributed by atoms with van der Waals surface area (Å²) in [6.07, 6.45) is 4.75. The van der Waals surface area contributed by atoms with Gasteiger partial charge >= 0.3 is 0 Å². The average Bonchev–Trinajstić information content (AvgIpc) is 2.83. The molecule has 0 spiro atoms. The first-order chi connectivity index (χ1) is 7.86. The minimum Gasteiger partial charge on any atom is -0.355 e. The molecule has 0 radical (unpaired) electrons. The van der Waals surface area contributed by atoms with E-state index in [1.165, 1.54) is 0 Å². The van der Waals surface area contributed by atoms with Crippen LogP contribution in [0.15, 0.2) is 11.6 Å². The van der Waals surface area contributed by atoms with E-state index in [9.17, 15) is 4.79 Å². The summed E-state index contributed by atoms with van der Waals surface area (Å²) in [7, 11) is 0. The first-order valence-corrected chi connectivity index (χ1v) is 6.61. The summed E-state index contributed by atoms with van der Waals surface area (Å²) in [4.78, 5) is 15.9. The second kappa shape index (κ2) is 9.55. The zero-order valence-corrected chi connectivity index (χ0v) is 12.5. The largest absolute Gasteiger partial charge is 0.355 e. The zero-order valence-electron chi connectivity index (χ0n) is 10.1. The molecule has 1 saturated heterocycles. The molecule has 2 rings (SSSR count). The molecule has 0 saturated carbocycles. The molecule has 0 bridgehead atoms. The van der Waals surface area contributed by atoms with Gasteiger partial charge in [0.1, 0.15) is 0 Å². The molecule has 7 heteroatoms. The van der Waals surface area contributed by atoms with Crippen molar-refractivity contribution >= 4 is 42.1 Å². The predicted octanol–water partition coefficient (Wildman–Crippen LogP) is 1.65. The third kappa shape index (κ3) is 5.52. The average molecular weight is 312 g/mol. The maximum atomic E-state index is 11.8. The van der Waals surface area contributed by atoms with Gasteiger partial charge in [0.25, 0.3) is 0 Å². The molecule has 1 aromatic heterocycles. The van der Waals surface area contributed by atoms with Crippen molar-refractivity contribution in [3.05, 3.63) is 16.6 Å². The molecule has 1 atom stereocenters. The highest BCUT2D eigenvalue weighted by molar-refractivity contribution is 7.09. The van der Waals surface area contributed by atoms with E-state index >= 15 is 0 Å². The van der Waals surface area contributed by atoms with Crippen LogP contribution in [0.1, 0.15) is 17.8 Å². The molecular formula is C11H19Cl2N3OS. The summed E-state index contributed by atoms with van der Waals surface area (Å²) >= 11 is 1.64. The van der Waals surface area contributed by atoms with Gasteiger partial charge in [0, 0.05) is 31.1 Å². The standard InChI is InChI=1S/C11H17N3OS.2ClH/c15-11(9-2-1-4-12-8-9)14-5-3-10-13-6-7-16-10;;/h6-7,9,12H,1-5,8H2,(H,14,15);2*1H. The molecule has 1 amide bonds. The Morgan fingerprint density at radius 1 is 1.56 bits per heavy atom. The molecule has 1 aliphatic heterocycles. The van der Waals surface area contributed by atoms with Crippen LogP contribution in [0, 0.1) is 5.92 Å². The highest BCUT2D eigenvalue weighted by Gasteiger charge is 2.20. The first kappa shape index (κ1) is 17.6. The Balaban J connectivity index is 0.00000144. The summed E-state index contributed by atoms with van der Waals surface area (Å²) in [5.74, 6) is 0.341. The molecule has 104 valence electrons. The van der Waals surface area contributed by atoms with E-state index in [1.807, 2.05) is 5.38 Å². The van der Waals surface area contributed by atoms with Gasteiger partial charge < -0.3 is 10.6 Å². The fraction of sp³-hybridized carbons (Fsp3) is 0.636. The van der Waals surface area contributed by atoms with Crippen molar-refractivity contribution in [3.8, 4) is 0 Å². The van der Waals surface area contributed by atoms with Crippen LogP contribution in [0.25, 0.3) is 0 Å². The number of thiazole rings is 1. The van der Waals surface area contributed by atoms with E-state index in [0.717, 1.165) is 37.4 Å². The van der Waals surface area contributed by atoms with Gasteiger partial charge in [0.15, 0.2) is 0 Å². The van der Waals surface area contributed by atoms with Crippen LogP contribution in [-0.4, -0.2) is 30.5 Å². The zero-order chi connectivity index (χ0) is 11.2. The number of piperidine rings is 1. The van der Waals surface area contributed by atoms with Crippen molar-refractivity contribution in [3.63, 3.8) is 0 Å². The fourth-order valence-corrected chi connectivity index (χ4v) is 2.51. The van der Waals surface area contributed by atoms with Crippen molar-refractivity contribution < 1.29 is 4.79 Å². The summed E-state index contributed by atoms with van der Waals surface area (Å²) in [6.45, 7) is 2.56. The van der Waals surface area contributed by atoms with Gasteiger partial charge in [0.05, 0.1) is 10.9 Å². The molecule has 1 aromatic rings. The highest BCUT2D eigenvalue weighted by atomic mass is 35.5. The van der Waals surface area contributed by atoms with Crippen molar-refractivity contribution in [1.82, 2.24) is 15.6 Å². The van der Waals surface area contributed by atoms with Gasteiger partial charge in [-0.1, -0.05) is 0 Å². The van der Waals surface area contributed by atoms with E-state index in [4.69, 9.17) is 0 Å². The molecule has 18 heavy (non-hydrogen) atoms. The van der Waals surface area contributed by atoms with E-state index in [2.05, 4.69) is 15.6 Å². The van der Waals surface area contributed by atoms with Gasteiger partial charge in [-0.05, 0) is 19.4 Å². The Hall–Kier alpha value is -0.360. The summed E-state index contributed by atoms with van der Waals surface area (Å²) in [5, 5.41) is 9.27. The molecule has 4 nitrogen and oxygen atoms in total. The Bertz CT molecular complexity index is 329. The summed E-state index contributed by atoms with van der Waals surface area (Å²) in [5.41, 5.74) is 0. The number of aromatic nitrogens is 1. The molecule has 1 unspecified atom stereocenters. The summed E-state index contributed by atoms with van der Waals surface area (Å²) in [6, 6.07) is 0. The van der Waals surface area contributed by atoms with Crippen molar-refractivity contribution in [2.24, 2.45) is 5.92 Å². The maximum absolute atomic E-state index is 11.8. The molecule has 1 aliphatic rings. The number of carbonyl (C=O) groups excluding carboxylic acids is 1. The second-order valence-electron chi connectivity index (χ2n) is 4.01. The van der Waals surface area contributed by atoms with Gasteiger partial charge in [-0.2, -0.15) is 0 Å². The Morgan fingerprint density at radius 3 is 3.00 bits per heavy atom. The topological polar surface area (TPSA) is 54.0 Å². The smallest absolute Gasteiger partial charge is 0.224 e. The van der Waals surface area contributed by atoms with Crippen molar-refractivity contribution in [1.29, 1.82) is 0 Å². The predicted molar refractivity (Wildman–Crippen MR) is 78.9 cm³/mol. The van der Waals surface area contributed by atoms with Crippen LogP contribution in [-0.2, 0) is 11.2 Å². The highest BCUT2D eigenvalue weighted by Crippen LogP contribution is 2.09. The SMILES string of the molecule is Cl.Cl.O=C(NCCc1nccs1)C1CCCNC1. The van der Waals surface area contributed by atoms with Gasteiger partial charge in [-0.15, -0.1) is 36.2 Å². The number of carbonyl (C=O) groups is 1. The number of amides is 1. The van der Waals surface area contributed by atoms with Crippen LogP contribution in [0.4, 0.5) is 0 Å². The Kier molecular flexibility index (Phi) is 9.36. The van der Waals surface area contributed by atoms with E-state index in [1.54, 1.807) is 17.5 Å². The Labute approximate surface area is 124 Å². The lowest BCUT2D eigenvalue weighted by Gasteiger charge is -2.21. The number of rotatable bonds is 4. The van der Waals surface area contributed by atoms with E-state index in [0.29, 0.717) is 6.54 Å². The van der Waals surface area contributed by atoms with Gasteiger partial charge in [-0.25, -0.2) is 4.98 Å². The molecule has 0 aromatic carbocycles. The van der Waals surface area contributed by atoms with Crippen LogP contribution < -0.4 is 10.6 Å². The lowest BCUT2D eigenvalue weighted by molar-refractivity contribution is -0.125. The van der Waals surface area contributed by atoms with Gasteiger partial charge in [0.2, 0.25) is 5.91 Å². The second-order valence-corrected chi connectivity index (χ2v) is 4.99. The minimum absolute atomic E-state index is 0. The molecule has 1 fully saturated rings. The van der Waals surface area contributed by atoms with E-state index in [-0.39, 0.29) is 36.6 Å². The van der Waals surface area contributed by atoms with Crippen LogP contribution >= 0.6 is 36.2 Å². The maximum Gasteiger partial charge on any atom is 0.224 e. The Morgan fingerprint density at radius 2 is 2.39 bits per heavy atom. The van der Waals surface area contributed by atoms with E-state index < -0.39 is 0 Å². The molecular weight excluding hydrogens is 293 g/mol. The summed E-state index contributed by atoms with van der Waals surface area (Å²) < 4.78 is 0. The number of hydrogen-bond acceptors (Lipinski definition) is 4. The van der Waals surface area contributed by atoms with Crippen molar-refractivity contribution in [2.45, 2.75) is 19.3 Å². The normalized spacial score (nSPS) is 18.3. The number of nitrogens with one attached hydrogen (secondary N) is 2. The lowest BCUT2D eigenvalue weighted by atomic mass is 9.99. The number of hydrogen-bond donors (Lipinski definition) is 2. The third-order valence-corrected chi connectivity index (χ3v) is 3.63.